The lowest BCUT2D eigenvalue weighted by atomic mass is 10.0. The molecule has 0 amide bonds. The molecule has 0 fully saturated rings. The highest BCUT2D eigenvalue weighted by Gasteiger charge is 2.27. The Hall–Kier alpha value is -1.10. The highest BCUT2D eigenvalue weighted by atomic mass is 19.1. The number of hydrogen-bond acceptors (Lipinski definition) is 2. The fourth-order valence-corrected chi connectivity index (χ4v) is 1.09. The molecule has 0 radical (unpaired) electrons. The van der Waals surface area contributed by atoms with Crippen LogP contribution in [0.15, 0.2) is 4.79 Å². The molecule has 0 spiro atoms. The highest BCUT2D eigenvalue weighted by Crippen LogP contribution is 2.22. The van der Waals surface area contributed by atoms with Crippen molar-refractivity contribution >= 4 is 0 Å². The van der Waals surface area contributed by atoms with E-state index in [0.717, 1.165) is 0 Å². The van der Waals surface area contributed by atoms with Gasteiger partial charge in [0, 0.05) is 12.2 Å². The second-order valence-electron chi connectivity index (χ2n) is 2.98. The molecule has 0 saturated carbocycles. The summed E-state index contributed by atoms with van der Waals surface area (Å²) in [5, 5.41) is 0. The van der Waals surface area contributed by atoms with Crippen molar-refractivity contribution in [1.82, 2.24) is 9.97 Å². The monoisotopic (exact) mass is 173 g/mol. The van der Waals surface area contributed by atoms with Crippen LogP contribution >= 0.6 is 0 Å². The first-order chi connectivity index (χ1) is 5.47. The molecule has 0 aliphatic rings. The van der Waals surface area contributed by atoms with Crippen molar-refractivity contribution in [3.05, 3.63) is 21.9 Å². The lowest BCUT2D eigenvalue weighted by molar-refractivity contribution is 0.196. The Labute approximate surface area is 69.0 Å². The molecule has 1 unspecified atom stereocenters. The van der Waals surface area contributed by atoms with Crippen LogP contribution in [0.25, 0.3) is 0 Å². The van der Waals surface area contributed by atoms with Crippen molar-refractivity contribution < 1.29 is 4.39 Å². The topological polar surface area (TPSA) is 74.7 Å². The van der Waals surface area contributed by atoms with E-state index in [1.807, 2.05) is 0 Å². The molecule has 0 bridgehead atoms. The van der Waals surface area contributed by atoms with Gasteiger partial charge in [-0.05, 0) is 13.8 Å². The predicted octanol–water partition coefficient (Wildman–Crippen LogP) is 0.155. The van der Waals surface area contributed by atoms with Gasteiger partial charge in [0.25, 0.3) is 0 Å². The molecule has 5 heteroatoms. The van der Waals surface area contributed by atoms with Crippen LogP contribution in [-0.2, 0) is 5.67 Å². The standard InChI is InChI=1S/C7H12FN3O/c1-4-5(7(2,8)3-9)11-6(12)10-4/h3,9H2,1-2H3,(H2,10,11,12). The van der Waals surface area contributed by atoms with Crippen molar-refractivity contribution in [3.63, 3.8) is 0 Å². The largest absolute Gasteiger partial charge is 0.327 e. The summed E-state index contributed by atoms with van der Waals surface area (Å²) in [4.78, 5) is 15.6. The third kappa shape index (κ3) is 1.40. The van der Waals surface area contributed by atoms with E-state index in [1.54, 1.807) is 6.92 Å². The molecule has 0 saturated heterocycles. The van der Waals surface area contributed by atoms with E-state index in [-0.39, 0.29) is 12.2 Å². The number of aromatic amines is 2. The summed E-state index contributed by atoms with van der Waals surface area (Å²) in [5.74, 6) is 0. The Morgan fingerprint density at radius 1 is 1.58 bits per heavy atom. The lowest BCUT2D eigenvalue weighted by Gasteiger charge is -2.16. The van der Waals surface area contributed by atoms with Crippen LogP contribution in [-0.4, -0.2) is 16.5 Å². The lowest BCUT2D eigenvalue weighted by Crippen LogP contribution is -2.28. The summed E-state index contributed by atoms with van der Waals surface area (Å²) >= 11 is 0. The molecule has 12 heavy (non-hydrogen) atoms. The summed E-state index contributed by atoms with van der Waals surface area (Å²) in [6.45, 7) is 2.81. The third-order valence-corrected chi connectivity index (χ3v) is 1.82. The number of imidazole rings is 1. The van der Waals surface area contributed by atoms with Crippen LogP contribution in [0.4, 0.5) is 4.39 Å². The Balaban J connectivity index is 3.18. The summed E-state index contributed by atoms with van der Waals surface area (Å²) in [6, 6.07) is 0. The Bertz CT molecular complexity index is 326. The molecule has 1 aromatic rings. The van der Waals surface area contributed by atoms with Gasteiger partial charge in [0.2, 0.25) is 0 Å². The number of nitrogens with two attached hydrogens (primary N) is 1. The number of halogens is 1. The second-order valence-corrected chi connectivity index (χ2v) is 2.98. The zero-order valence-electron chi connectivity index (χ0n) is 7.07. The van der Waals surface area contributed by atoms with Crippen molar-refractivity contribution in [2.45, 2.75) is 19.5 Å². The number of hydrogen-bond donors (Lipinski definition) is 3. The molecule has 4 nitrogen and oxygen atoms in total. The van der Waals surface area contributed by atoms with Crippen LogP contribution in [0.5, 0.6) is 0 Å². The van der Waals surface area contributed by atoms with Gasteiger partial charge in [-0.3, -0.25) is 0 Å². The number of nitrogens with one attached hydrogen (secondary N) is 2. The van der Waals surface area contributed by atoms with Gasteiger partial charge < -0.3 is 15.7 Å². The molecule has 68 valence electrons. The normalized spacial score (nSPS) is 16.0. The zero-order chi connectivity index (χ0) is 9.35. The van der Waals surface area contributed by atoms with Crippen LogP contribution in [0.3, 0.4) is 0 Å². The Morgan fingerprint density at radius 3 is 2.50 bits per heavy atom. The van der Waals surface area contributed by atoms with E-state index < -0.39 is 11.4 Å². The fourth-order valence-electron chi connectivity index (χ4n) is 1.09. The average molecular weight is 173 g/mol. The van der Waals surface area contributed by atoms with Gasteiger partial charge in [0.05, 0.1) is 5.69 Å². The van der Waals surface area contributed by atoms with Gasteiger partial charge >= 0.3 is 5.69 Å². The molecule has 1 rings (SSSR count). The molecular formula is C7H12FN3O. The third-order valence-electron chi connectivity index (χ3n) is 1.82. The van der Waals surface area contributed by atoms with Gasteiger partial charge in [0.1, 0.15) is 0 Å². The van der Waals surface area contributed by atoms with Crippen molar-refractivity contribution in [3.8, 4) is 0 Å². The molecule has 0 aromatic carbocycles. The van der Waals surface area contributed by atoms with Crippen molar-refractivity contribution in [2.24, 2.45) is 5.73 Å². The number of rotatable bonds is 2. The predicted molar refractivity (Wildman–Crippen MR) is 43.7 cm³/mol. The molecule has 0 aliphatic carbocycles. The summed E-state index contributed by atoms with van der Waals surface area (Å²) < 4.78 is 13.5. The summed E-state index contributed by atoms with van der Waals surface area (Å²) in [5.41, 5.74) is 3.87. The Kier molecular flexibility index (Phi) is 2.06. The van der Waals surface area contributed by atoms with Crippen molar-refractivity contribution in [2.75, 3.05) is 6.54 Å². The maximum atomic E-state index is 13.5. The quantitative estimate of drug-likeness (QED) is 0.595. The van der Waals surface area contributed by atoms with E-state index in [4.69, 9.17) is 5.73 Å². The SMILES string of the molecule is Cc1[nH]c(=O)[nH]c1C(C)(F)CN. The fraction of sp³-hybridized carbons (Fsp3) is 0.571. The number of aromatic nitrogens is 2. The minimum Gasteiger partial charge on any atom is -0.327 e. The molecule has 1 aromatic heterocycles. The zero-order valence-corrected chi connectivity index (χ0v) is 7.07. The van der Waals surface area contributed by atoms with Gasteiger partial charge in [-0.15, -0.1) is 0 Å². The first-order valence-corrected chi connectivity index (χ1v) is 3.65. The van der Waals surface area contributed by atoms with Crippen molar-refractivity contribution in [1.29, 1.82) is 0 Å². The molecule has 0 aliphatic heterocycles. The van der Waals surface area contributed by atoms with E-state index >= 15 is 0 Å². The minimum absolute atomic E-state index is 0.151. The first-order valence-electron chi connectivity index (χ1n) is 3.65. The number of aryl methyl sites for hydroxylation is 1. The molecule has 1 atom stereocenters. The van der Waals surface area contributed by atoms with Gasteiger partial charge in [-0.25, -0.2) is 9.18 Å². The first kappa shape index (κ1) is 8.99. The van der Waals surface area contributed by atoms with Gasteiger partial charge in [-0.2, -0.15) is 0 Å². The van der Waals surface area contributed by atoms with Gasteiger partial charge in [-0.1, -0.05) is 0 Å². The highest BCUT2D eigenvalue weighted by molar-refractivity contribution is 5.17. The summed E-state index contributed by atoms with van der Waals surface area (Å²) in [6.07, 6.45) is 0. The molecule has 4 N–H and O–H groups in total. The van der Waals surface area contributed by atoms with E-state index in [2.05, 4.69) is 9.97 Å². The number of alkyl halides is 1. The smallest absolute Gasteiger partial charge is 0.323 e. The van der Waals surface area contributed by atoms with E-state index in [1.165, 1.54) is 6.92 Å². The molecule has 1 heterocycles. The van der Waals surface area contributed by atoms with Crippen LogP contribution in [0, 0.1) is 6.92 Å². The summed E-state index contributed by atoms with van der Waals surface area (Å²) in [7, 11) is 0. The van der Waals surface area contributed by atoms with E-state index in [0.29, 0.717) is 5.69 Å². The van der Waals surface area contributed by atoms with Gasteiger partial charge in [0.15, 0.2) is 5.67 Å². The van der Waals surface area contributed by atoms with Crippen LogP contribution in [0.1, 0.15) is 18.3 Å². The Morgan fingerprint density at radius 2 is 2.17 bits per heavy atom. The average Bonchev–Trinajstić information content (AvgIpc) is 2.31. The minimum atomic E-state index is -1.66. The second kappa shape index (κ2) is 2.75. The van der Waals surface area contributed by atoms with E-state index in [9.17, 15) is 9.18 Å². The van der Waals surface area contributed by atoms with Crippen LogP contribution in [0.2, 0.25) is 0 Å². The number of H-pyrrole nitrogens is 2. The molecular weight excluding hydrogens is 161 g/mol. The maximum Gasteiger partial charge on any atom is 0.323 e. The maximum absolute atomic E-state index is 13.5. The van der Waals surface area contributed by atoms with Crippen LogP contribution < -0.4 is 11.4 Å².